The molecule has 0 atom stereocenters. The molecular formula is C18H18N2O. The molecular weight excluding hydrogens is 260 g/mol. The first-order chi connectivity index (χ1) is 10.1. The Morgan fingerprint density at radius 1 is 1.14 bits per heavy atom. The molecule has 2 rings (SSSR count). The van der Waals surface area contributed by atoms with Gasteiger partial charge in [0.1, 0.15) is 0 Å². The minimum absolute atomic E-state index is 0.127. The molecule has 3 N–H and O–H groups in total. The van der Waals surface area contributed by atoms with Crippen LogP contribution < -0.4 is 11.1 Å². The van der Waals surface area contributed by atoms with Crippen molar-refractivity contribution in [2.24, 2.45) is 5.73 Å². The van der Waals surface area contributed by atoms with Crippen LogP contribution >= 0.6 is 0 Å². The van der Waals surface area contributed by atoms with Gasteiger partial charge in [-0.2, -0.15) is 0 Å². The molecule has 1 amide bonds. The highest BCUT2D eigenvalue weighted by atomic mass is 16.1. The monoisotopic (exact) mass is 278 g/mol. The summed E-state index contributed by atoms with van der Waals surface area (Å²) < 4.78 is 0. The lowest BCUT2D eigenvalue weighted by Gasteiger charge is -2.10. The van der Waals surface area contributed by atoms with Gasteiger partial charge in [0.2, 0.25) is 0 Å². The van der Waals surface area contributed by atoms with Crippen molar-refractivity contribution in [3.63, 3.8) is 0 Å². The number of carbonyl (C=O) groups is 1. The van der Waals surface area contributed by atoms with E-state index < -0.39 is 0 Å². The summed E-state index contributed by atoms with van der Waals surface area (Å²) in [6, 6.07) is 13.2. The number of para-hydroxylation sites is 1. The maximum absolute atomic E-state index is 12.4. The van der Waals surface area contributed by atoms with Crippen molar-refractivity contribution in [2.45, 2.75) is 13.8 Å². The highest BCUT2D eigenvalue weighted by Gasteiger charge is 2.11. The lowest BCUT2D eigenvalue weighted by atomic mass is 10.0. The van der Waals surface area contributed by atoms with Gasteiger partial charge in [0.05, 0.1) is 12.2 Å². The summed E-state index contributed by atoms with van der Waals surface area (Å²) in [5, 5.41) is 2.92. The second-order valence-electron chi connectivity index (χ2n) is 4.75. The molecule has 0 unspecified atom stereocenters. The summed E-state index contributed by atoms with van der Waals surface area (Å²) in [5.74, 6) is 5.64. The average molecular weight is 278 g/mol. The number of anilines is 1. The second kappa shape index (κ2) is 6.74. The summed E-state index contributed by atoms with van der Waals surface area (Å²) >= 11 is 0. The molecule has 0 aromatic heterocycles. The molecule has 0 aliphatic carbocycles. The Balaban J connectivity index is 2.30. The molecule has 0 fully saturated rings. The molecule has 0 aliphatic heterocycles. The third-order valence-electron chi connectivity index (χ3n) is 3.35. The number of aryl methyl sites for hydroxylation is 1. The van der Waals surface area contributed by atoms with E-state index in [0.717, 1.165) is 16.7 Å². The van der Waals surface area contributed by atoms with Gasteiger partial charge in [-0.25, -0.2) is 0 Å². The SMILES string of the molecule is Cc1cccc(C(=O)Nc2ccccc2C#CCN)c1C. The Morgan fingerprint density at radius 2 is 1.90 bits per heavy atom. The molecule has 0 bridgehead atoms. The number of hydrogen-bond acceptors (Lipinski definition) is 2. The first-order valence-electron chi connectivity index (χ1n) is 6.79. The molecule has 106 valence electrons. The van der Waals surface area contributed by atoms with Crippen LogP contribution in [0.25, 0.3) is 0 Å². The number of hydrogen-bond donors (Lipinski definition) is 2. The van der Waals surface area contributed by atoms with Gasteiger partial charge in [-0.05, 0) is 43.2 Å². The third kappa shape index (κ3) is 3.50. The minimum atomic E-state index is -0.127. The van der Waals surface area contributed by atoms with Crippen molar-refractivity contribution >= 4 is 11.6 Å². The maximum atomic E-state index is 12.4. The van der Waals surface area contributed by atoms with Crippen molar-refractivity contribution in [2.75, 3.05) is 11.9 Å². The van der Waals surface area contributed by atoms with Crippen molar-refractivity contribution in [3.05, 3.63) is 64.7 Å². The molecule has 3 nitrogen and oxygen atoms in total. The summed E-state index contributed by atoms with van der Waals surface area (Å²) in [6.07, 6.45) is 0. The molecule has 0 radical (unpaired) electrons. The van der Waals surface area contributed by atoms with E-state index in [1.165, 1.54) is 0 Å². The van der Waals surface area contributed by atoms with Gasteiger partial charge in [-0.1, -0.05) is 36.1 Å². The Bertz CT molecular complexity index is 723. The molecule has 0 saturated carbocycles. The number of nitrogens with one attached hydrogen (secondary N) is 1. The largest absolute Gasteiger partial charge is 0.321 e. The molecule has 0 saturated heterocycles. The zero-order chi connectivity index (χ0) is 15.2. The van der Waals surface area contributed by atoms with Crippen LogP contribution in [-0.2, 0) is 0 Å². The number of nitrogens with two attached hydrogens (primary N) is 1. The van der Waals surface area contributed by atoms with Gasteiger partial charge >= 0.3 is 0 Å². The molecule has 0 aliphatic rings. The first kappa shape index (κ1) is 14.8. The zero-order valence-electron chi connectivity index (χ0n) is 12.2. The summed E-state index contributed by atoms with van der Waals surface area (Å²) in [6.45, 7) is 4.23. The Kier molecular flexibility index (Phi) is 4.76. The van der Waals surface area contributed by atoms with Crippen molar-refractivity contribution in [1.29, 1.82) is 0 Å². The summed E-state index contributed by atoms with van der Waals surface area (Å²) in [7, 11) is 0. The van der Waals surface area contributed by atoms with Crippen LogP contribution in [0.5, 0.6) is 0 Å². The van der Waals surface area contributed by atoms with E-state index in [1.54, 1.807) is 0 Å². The predicted octanol–water partition coefficient (Wildman–Crippen LogP) is 2.87. The smallest absolute Gasteiger partial charge is 0.255 e. The van der Waals surface area contributed by atoms with Crippen LogP contribution in [0.4, 0.5) is 5.69 Å². The molecule has 2 aromatic carbocycles. The van der Waals surface area contributed by atoms with Gasteiger partial charge < -0.3 is 11.1 Å². The molecule has 3 heteroatoms. The van der Waals surface area contributed by atoms with E-state index in [1.807, 2.05) is 56.3 Å². The van der Waals surface area contributed by atoms with Crippen LogP contribution in [0.1, 0.15) is 27.0 Å². The third-order valence-corrected chi connectivity index (χ3v) is 3.35. The average Bonchev–Trinajstić information content (AvgIpc) is 2.49. The number of rotatable bonds is 2. The van der Waals surface area contributed by atoms with Gasteiger partial charge in [-0.15, -0.1) is 0 Å². The number of benzene rings is 2. The highest BCUT2D eigenvalue weighted by Crippen LogP contribution is 2.18. The molecule has 0 heterocycles. The standard InChI is InChI=1S/C18H18N2O/c1-13-7-5-10-16(14(13)2)18(21)20-17-11-4-3-8-15(17)9-6-12-19/h3-5,7-8,10-11H,12,19H2,1-2H3,(H,20,21). The number of carbonyl (C=O) groups excluding carboxylic acids is 1. The summed E-state index contributed by atoms with van der Waals surface area (Å²) in [5.41, 5.74) is 9.62. The van der Waals surface area contributed by atoms with E-state index in [9.17, 15) is 4.79 Å². The highest BCUT2D eigenvalue weighted by molar-refractivity contribution is 6.06. The van der Waals surface area contributed by atoms with Crippen molar-refractivity contribution < 1.29 is 4.79 Å². The van der Waals surface area contributed by atoms with E-state index in [4.69, 9.17) is 5.73 Å². The van der Waals surface area contributed by atoms with E-state index in [0.29, 0.717) is 17.8 Å². The fraction of sp³-hybridized carbons (Fsp3) is 0.167. The topological polar surface area (TPSA) is 55.1 Å². The first-order valence-corrected chi connectivity index (χ1v) is 6.79. The predicted molar refractivity (Wildman–Crippen MR) is 86.2 cm³/mol. The second-order valence-corrected chi connectivity index (χ2v) is 4.75. The molecule has 21 heavy (non-hydrogen) atoms. The maximum Gasteiger partial charge on any atom is 0.255 e. The van der Waals surface area contributed by atoms with Crippen molar-refractivity contribution in [3.8, 4) is 11.8 Å². The van der Waals surface area contributed by atoms with Crippen LogP contribution in [0.2, 0.25) is 0 Å². The molecule has 2 aromatic rings. The number of amides is 1. The fourth-order valence-electron chi connectivity index (χ4n) is 2.03. The van der Waals surface area contributed by atoms with Gasteiger partial charge in [0.25, 0.3) is 5.91 Å². The van der Waals surface area contributed by atoms with E-state index >= 15 is 0 Å². The van der Waals surface area contributed by atoms with Gasteiger partial charge in [-0.3, -0.25) is 4.79 Å². The van der Waals surface area contributed by atoms with Gasteiger partial charge in [0, 0.05) is 11.1 Å². The van der Waals surface area contributed by atoms with E-state index in [-0.39, 0.29) is 5.91 Å². The normalized spacial score (nSPS) is 9.67. The quantitative estimate of drug-likeness (QED) is 0.830. The zero-order valence-corrected chi connectivity index (χ0v) is 12.2. The minimum Gasteiger partial charge on any atom is -0.321 e. The molecule has 0 spiro atoms. The Morgan fingerprint density at radius 3 is 2.67 bits per heavy atom. The van der Waals surface area contributed by atoms with Crippen molar-refractivity contribution in [1.82, 2.24) is 0 Å². The lowest BCUT2D eigenvalue weighted by Crippen LogP contribution is -2.14. The fourth-order valence-corrected chi connectivity index (χ4v) is 2.03. The lowest BCUT2D eigenvalue weighted by molar-refractivity contribution is 0.102. The van der Waals surface area contributed by atoms with Gasteiger partial charge in [0.15, 0.2) is 0 Å². The Labute approximate surface area is 125 Å². The van der Waals surface area contributed by atoms with Crippen LogP contribution in [-0.4, -0.2) is 12.5 Å². The summed E-state index contributed by atoms with van der Waals surface area (Å²) in [4.78, 5) is 12.4. The van der Waals surface area contributed by atoms with Crippen LogP contribution in [0.3, 0.4) is 0 Å². The van der Waals surface area contributed by atoms with Crippen LogP contribution in [0.15, 0.2) is 42.5 Å². The van der Waals surface area contributed by atoms with E-state index in [2.05, 4.69) is 17.2 Å². The Hall–Kier alpha value is -2.57. The van der Waals surface area contributed by atoms with Crippen LogP contribution in [0, 0.1) is 25.7 Å².